The summed E-state index contributed by atoms with van der Waals surface area (Å²) in [5.74, 6) is 0.409. The second-order valence-corrected chi connectivity index (χ2v) is 3.97. The summed E-state index contributed by atoms with van der Waals surface area (Å²) < 4.78 is 19.2. The minimum atomic E-state index is -0.519. The highest BCUT2D eigenvalue weighted by Gasteiger charge is 2.16. The lowest BCUT2D eigenvalue weighted by molar-refractivity contribution is 0.335. The van der Waals surface area contributed by atoms with Crippen LogP contribution in [0.4, 0.5) is 4.39 Å². The topological polar surface area (TPSA) is 35.2 Å². The highest BCUT2D eigenvalue weighted by atomic mass is 19.1. The fourth-order valence-electron chi connectivity index (χ4n) is 1.92. The second-order valence-electron chi connectivity index (χ2n) is 3.97. The first-order valence-corrected chi connectivity index (χ1v) is 5.95. The van der Waals surface area contributed by atoms with Gasteiger partial charge in [-0.2, -0.15) is 0 Å². The first-order chi connectivity index (χ1) is 8.74. The molecule has 0 heterocycles. The molecule has 1 unspecified atom stereocenters. The SMILES string of the molecule is CCOc1ccccc1C(N)c1ccccc1F. The molecule has 94 valence electrons. The van der Waals surface area contributed by atoms with Crippen molar-refractivity contribution >= 4 is 0 Å². The Morgan fingerprint density at radius 2 is 1.67 bits per heavy atom. The molecule has 0 saturated heterocycles. The summed E-state index contributed by atoms with van der Waals surface area (Å²) in [5.41, 5.74) is 7.40. The Hall–Kier alpha value is -1.87. The van der Waals surface area contributed by atoms with E-state index in [1.165, 1.54) is 6.07 Å². The number of hydrogen-bond acceptors (Lipinski definition) is 2. The van der Waals surface area contributed by atoms with Crippen molar-refractivity contribution in [1.29, 1.82) is 0 Å². The van der Waals surface area contributed by atoms with Gasteiger partial charge in [-0.15, -0.1) is 0 Å². The molecule has 18 heavy (non-hydrogen) atoms. The third-order valence-electron chi connectivity index (χ3n) is 2.79. The monoisotopic (exact) mass is 245 g/mol. The molecule has 2 aromatic carbocycles. The molecule has 0 radical (unpaired) electrons. The van der Waals surface area contributed by atoms with Crippen LogP contribution in [0, 0.1) is 5.82 Å². The number of para-hydroxylation sites is 1. The Morgan fingerprint density at radius 3 is 2.33 bits per heavy atom. The van der Waals surface area contributed by atoms with Gasteiger partial charge in [0, 0.05) is 11.1 Å². The van der Waals surface area contributed by atoms with Crippen molar-refractivity contribution in [1.82, 2.24) is 0 Å². The molecule has 0 bridgehead atoms. The van der Waals surface area contributed by atoms with Gasteiger partial charge in [0.25, 0.3) is 0 Å². The maximum atomic E-state index is 13.7. The lowest BCUT2D eigenvalue weighted by Crippen LogP contribution is -2.15. The van der Waals surface area contributed by atoms with Gasteiger partial charge in [0.05, 0.1) is 12.6 Å². The molecule has 0 aliphatic heterocycles. The highest BCUT2D eigenvalue weighted by molar-refractivity contribution is 5.41. The van der Waals surface area contributed by atoms with Crippen molar-refractivity contribution in [2.75, 3.05) is 6.61 Å². The smallest absolute Gasteiger partial charge is 0.128 e. The molecule has 1 atom stereocenters. The Kier molecular flexibility index (Phi) is 3.95. The van der Waals surface area contributed by atoms with E-state index in [1.54, 1.807) is 18.2 Å². The molecule has 2 N–H and O–H groups in total. The van der Waals surface area contributed by atoms with Crippen LogP contribution in [0.5, 0.6) is 5.75 Å². The first-order valence-electron chi connectivity index (χ1n) is 5.95. The molecule has 0 amide bonds. The third-order valence-corrected chi connectivity index (χ3v) is 2.79. The van der Waals surface area contributed by atoms with Crippen molar-refractivity contribution in [3.63, 3.8) is 0 Å². The fraction of sp³-hybridized carbons (Fsp3) is 0.200. The van der Waals surface area contributed by atoms with Crippen LogP contribution in [0.2, 0.25) is 0 Å². The van der Waals surface area contributed by atoms with Crippen molar-refractivity contribution in [3.05, 3.63) is 65.5 Å². The summed E-state index contributed by atoms with van der Waals surface area (Å²) in [6, 6.07) is 13.5. The average molecular weight is 245 g/mol. The van der Waals surface area contributed by atoms with Gasteiger partial charge in [-0.1, -0.05) is 36.4 Å². The molecule has 0 aliphatic carbocycles. The third kappa shape index (κ3) is 2.51. The van der Waals surface area contributed by atoms with Crippen LogP contribution in [0.3, 0.4) is 0 Å². The van der Waals surface area contributed by atoms with Crippen LogP contribution >= 0.6 is 0 Å². The Labute approximate surface area is 106 Å². The summed E-state index contributed by atoms with van der Waals surface area (Å²) in [6.45, 7) is 2.46. The quantitative estimate of drug-likeness (QED) is 0.897. The number of ether oxygens (including phenoxy) is 1. The standard InChI is InChI=1S/C15H16FNO/c1-2-18-14-10-6-4-8-12(14)15(17)11-7-3-5-9-13(11)16/h3-10,15H,2,17H2,1H3. The van der Waals surface area contributed by atoms with Gasteiger partial charge in [-0.3, -0.25) is 0 Å². The van der Waals surface area contributed by atoms with Crippen LogP contribution < -0.4 is 10.5 Å². The lowest BCUT2D eigenvalue weighted by Gasteiger charge is -2.17. The zero-order valence-corrected chi connectivity index (χ0v) is 10.3. The van der Waals surface area contributed by atoms with Gasteiger partial charge in [0.15, 0.2) is 0 Å². The Bertz CT molecular complexity index is 527. The molecule has 0 saturated carbocycles. The molecule has 2 rings (SSSR count). The van der Waals surface area contributed by atoms with E-state index in [0.29, 0.717) is 17.9 Å². The Balaban J connectivity index is 2.40. The van der Waals surface area contributed by atoms with E-state index in [4.69, 9.17) is 10.5 Å². The normalized spacial score (nSPS) is 12.2. The molecule has 0 fully saturated rings. The molecule has 3 heteroatoms. The molecular weight excluding hydrogens is 229 g/mol. The zero-order valence-electron chi connectivity index (χ0n) is 10.3. The van der Waals surface area contributed by atoms with Crippen molar-refractivity contribution in [3.8, 4) is 5.75 Å². The minimum Gasteiger partial charge on any atom is -0.494 e. The number of benzene rings is 2. The predicted octanol–water partition coefficient (Wildman–Crippen LogP) is 3.27. The summed E-state index contributed by atoms with van der Waals surface area (Å²) in [7, 11) is 0. The fourth-order valence-corrected chi connectivity index (χ4v) is 1.92. The first kappa shape index (κ1) is 12.6. The van der Waals surface area contributed by atoms with Crippen LogP contribution in [-0.2, 0) is 0 Å². The largest absolute Gasteiger partial charge is 0.494 e. The Morgan fingerprint density at radius 1 is 1.06 bits per heavy atom. The van der Waals surface area contributed by atoms with Gasteiger partial charge in [0.2, 0.25) is 0 Å². The number of nitrogens with two attached hydrogens (primary N) is 1. The summed E-state index contributed by atoms with van der Waals surface area (Å²) in [6.07, 6.45) is 0. The van der Waals surface area contributed by atoms with E-state index >= 15 is 0 Å². The van der Waals surface area contributed by atoms with Crippen LogP contribution in [0.15, 0.2) is 48.5 Å². The highest BCUT2D eigenvalue weighted by Crippen LogP contribution is 2.29. The van der Waals surface area contributed by atoms with Gasteiger partial charge >= 0.3 is 0 Å². The van der Waals surface area contributed by atoms with Crippen LogP contribution in [0.25, 0.3) is 0 Å². The molecule has 2 nitrogen and oxygen atoms in total. The summed E-state index contributed by atoms with van der Waals surface area (Å²) >= 11 is 0. The van der Waals surface area contributed by atoms with Crippen molar-refractivity contribution in [2.24, 2.45) is 5.73 Å². The molecule has 0 aromatic heterocycles. The maximum Gasteiger partial charge on any atom is 0.128 e. The van der Waals surface area contributed by atoms with Gasteiger partial charge < -0.3 is 10.5 Å². The van der Waals surface area contributed by atoms with Crippen molar-refractivity contribution in [2.45, 2.75) is 13.0 Å². The summed E-state index contributed by atoms with van der Waals surface area (Å²) in [5, 5.41) is 0. The van der Waals surface area contributed by atoms with Crippen LogP contribution in [0.1, 0.15) is 24.1 Å². The minimum absolute atomic E-state index is 0.295. The molecule has 2 aromatic rings. The van der Waals surface area contributed by atoms with E-state index in [1.807, 2.05) is 31.2 Å². The van der Waals surface area contributed by atoms with E-state index in [2.05, 4.69) is 0 Å². The zero-order chi connectivity index (χ0) is 13.0. The number of halogens is 1. The van der Waals surface area contributed by atoms with E-state index in [-0.39, 0.29) is 5.82 Å². The maximum absolute atomic E-state index is 13.7. The average Bonchev–Trinajstić information content (AvgIpc) is 2.40. The summed E-state index contributed by atoms with van der Waals surface area (Å²) in [4.78, 5) is 0. The number of hydrogen-bond donors (Lipinski definition) is 1. The van der Waals surface area contributed by atoms with Gasteiger partial charge in [-0.05, 0) is 19.1 Å². The molecule has 0 aliphatic rings. The van der Waals surface area contributed by atoms with E-state index < -0.39 is 6.04 Å². The number of rotatable bonds is 4. The predicted molar refractivity (Wildman–Crippen MR) is 70.0 cm³/mol. The van der Waals surface area contributed by atoms with E-state index in [0.717, 1.165) is 5.56 Å². The molecular formula is C15H16FNO. The van der Waals surface area contributed by atoms with Crippen LogP contribution in [-0.4, -0.2) is 6.61 Å². The lowest BCUT2D eigenvalue weighted by atomic mass is 9.98. The van der Waals surface area contributed by atoms with Gasteiger partial charge in [0.1, 0.15) is 11.6 Å². The van der Waals surface area contributed by atoms with Gasteiger partial charge in [-0.25, -0.2) is 4.39 Å². The molecule has 0 spiro atoms. The second kappa shape index (κ2) is 5.65. The van der Waals surface area contributed by atoms with Crippen molar-refractivity contribution < 1.29 is 9.13 Å². The van der Waals surface area contributed by atoms with E-state index in [9.17, 15) is 4.39 Å².